The number of anilines is 1. The molecule has 2 aromatic rings. The number of methoxy groups -OCH3 is 1. The molecule has 1 unspecified atom stereocenters. The van der Waals surface area contributed by atoms with Crippen molar-refractivity contribution in [2.24, 2.45) is 0 Å². The van der Waals surface area contributed by atoms with Crippen LogP contribution in [0.3, 0.4) is 0 Å². The third-order valence-electron chi connectivity index (χ3n) is 5.00. The van der Waals surface area contributed by atoms with Gasteiger partial charge in [0.15, 0.2) is 0 Å². The van der Waals surface area contributed by atoms with Gasteiger partial charge >= 0.3 is 6.09 Å². The highest BCUT2D eigenvalue weighted by molar-refractivity contribution is 6.30. The van der Waals surface area contributed by atoms with Gasteiger partial charge in [0.05, 0.1) is 18.8 Å². The van der Waals surface area contributed by atoms with Gasteiger partial charge in [-0.3, -0.25) is 9.80 Å². The lowest BCUT2D eigenvalue weighted by Crippen LogP contribution is -2.40. The van der Waals surface area contributed by atoms with Crippen molar-refractivity contribution in [2.45, 2.75) is 25.6 Å². The molecule has 4 rings (SSSR count). The van der Waals surface area contributed by atoms with E-state index in [0.717, 1.165) is 48.1 Å². The molecular weight excluding hydrogens is 352 g/mol. The molecule has 2 aromatic carbocycles. The van der Waals surface area contributed by atoms with Crippen LogP contribution in [0.15, 0.2) is 42.5 Å². The van der Waals surface area contributed by atoms with Crippen LogP contribution in [-0.4, -0.2) is 37.3 Å². The first-order valence-electron chi connectivity index (χ1n) is 8.74. The maximum absolute atomic E-state index is 12.2. The summed E-state index contributed by atoms with van der Waals surface area (Å²) >= 11 is 6.00. The lowest BCUT2D eigenvalue weighted by molar-refractivity contribution is 0.177. The standard InChI is InChI=1S/C20H21ClN2O3/c1-25-18-6-7-19-15(10-18)12-22(11-14-2-4-16(21)5-3-14)9-8-17-13-26-20(24)23(17)19/h2-7,10,17H,8-9,11-13H2,1H3. The Morgan fingerprint density at radius 1 is 1.23 bits per heavy atom. The van der Waals surface area contributed by atoms with Crippen molar-refractivity contribution in [1.82, 2.24) is 4.90 Å². The number of carbonyl (C=O) groups excluding carboxylic acids is 1. The van der Waals surface area contributed by atoms with Crippen LogP contribution in [0.5, 0.6) is 5.75 Å². The van der Waals surface area contributed by atoms with Crippen molar-refractivity contribution in [2.75, 3.05) is 25.2 Å². The van der Waals surface area contributed by atoms with Crippen LogP contribution in [0.4, 0.5) is 10.5 Å². The molecule has 0 aliphatic carbocycles. The SMILES string of the molecule is COc1ccc2c(c1)CN(Cc1ccc(Cl)cc1)CCC1COC(=O)N21. The van der Waals surface area contributed by atoms with E-state index in [-0.39, 0.29) is 12.1 Å². The van der Waals surface area contributed by atoms with E-state index in [0.29, 0.717) is 6.61 Å². The van der Waals surface area contributed by atoms with Crippen LogP contribution >= 0.6 is 11.6 Å². The molecule has 1 saturated heterocycles. The first kappa shape index (κ1) is 17.2. The van der Waals surface area contributed by atoms with E-state index in [1.165, 1.54) is 5.56 Å². The van der Waals surface area contributed by atoms with Crippen LogP contribution in [0.25, 0.3) is 0 Å². The highest BCUT2D eigenvalue weighted by Gasteiger charge is 2.37. The zero-order valence-corrected chi connectivity index (χ0v) is 15.4. The lowest BCUT2D eigenvalue weighted by Gasteiger charge is -2.32. The first-order valence-corrected chi connectivity index (χ1v) is 9.11. The normalized spacial score (nSPS) is 20.0. The number of hydrogen-bond acceptors (Lipinski definition) is 4. The molecule has 2 aliphatic rings. The Morgan fingerprint density at radius 2 is 2.04 bits per heavy atom. The fourth-order valence-electron chi connectivity index (χ4n) is 3.65. The molecule has 26 heavy (non-hydrogen) atoms. The fraction of sp³-hybridized carbons (Fsp3) is 0.350. The van der Waals surface area contributed by atoms with Crippen molar-refractivity contribution in [3.63, 3.8) is 0 Å². The van der Waals surface area contributed by atoms with E-state index < -0.39 is 0 Å². The maximum atomic E-state index is 12.2. The van der Waals surface area contributed by atoms with E-state index in [1.807, 2.05) is 30.3 Å². The van der Waals surface area contributed by atoms with Gasteiger partial charge in [-0.1, -0.05) is 23.7 Å². The summed E-state index contributed by atoms with van der Waals surface area (Å²) in [6, 6.07) is 13.9. The quantitative estimate of drug-likeness (QED) is 0.814. The van der Waals surface area contributed by atoms with Crippen LogP contribution in [0, 0.1) is 0 Å². The number of rotatable bonds is 3. The maximum Gasteiger partial charge on any atom is 0.414 e. The fourth-order valence-corrected chi connectivity index (χ4v) is 3.78. The summed E-state index contributed by atoms with van der Waals surface area (Å²) < 4.78 is 10.7. The molecule has 1 fully saturated rings. The van der Waals surface area contributed by atoms with Gasteiger partial charge in [-0.05, 0) is 47.9 Å². The molecule has 0 N–H and O–H groups in total. The average Bonchev–Trinajstić information content (AvgIpc) is 3.00. The highest BCUT2D eigenvalue weighted by atomic mass is 35.5. The van der Waals surface area contributed by atoms with Gasteiger partial charge in [0.2, 0.25) is 0 Å². The van der Waals surface area contributed by atoms with Crippen LogP contribution in [-0.2, 0) is 17.8 Å². The summed E-state index contributed by atoms with van der Waals surface area (Å²) in [5.74, 6) is 0.792. The Bertz CT molecular complexity index is 809. The number of cyclic esters (lactones) is 1. The van der Waals surface area contributed by atoms with Crippen LogP contribution in [0.2, 0.25) is 5.02 Å². The lowest BCUT2D eigenvalue weighted by atomic mass is 10.0. The zero-order valence-electron chi connectivity index (χ0n) is 14.7. The molecule has 1 amide bonds. The Labute approximate surface area is 158 Å². The number of ether oxygens (including phenoxy) is 2. The number of hydrogen-bond donors (Lipinski definition) is 0. The highest BCUT2D eigenvalue weighted by Crippen LogP contribution is 2.34. The van der Waals surface area contributed by atoms with E-state index in [1.54, 1.807) is 12.0 Å². The number of carbonyl (C=O) groups is 1. The molecule has 2 aliphatic heterocycles. The Hall–Kier alpha value is -2.24. The summed E-state index contributed by atoms with van der Waals surface area (Å²) in [4.78, 5) is 16.4. The van der Waals surface area contributed by atoms with Crippen molar-refractivity contribution in [3.05, 3.63) is 58.6 Å². The second kappa shape index (κ2) is 7.17. The summed E-state index contributed by atoms with van der Waals surface area (Å²) in [6.45, 7) is 2.90. The Balaban J connectivity index is 1.65. The molecule has 5 nitrogen and oxygen atoms in total. The molecule has 136 valence electrons. The van der Waals surface area contributed by atoms with Crippen molar-refractivity contribution in [1.29, 1.82) is 0 Å². The molecule has 2 heterocycles. The summed E-state index contributed by atoms with van der Waals surface area (Å²) in [7, 11) is 1.66. The van der Waals surface area contributed by atoms with E-state index in [9.17, 15) is 4.79 Å². The minimum atomic E-state index is -0.257. The summed E-state index contributed by atoms with van der Waals surface area (Å²) in [5.41, 5.74) is 3.20. The van der Waals surface area contributed by atoms with Gasteiger partial charge in [-0.15, -0.1) is 0 Å². The molecule has 6 heteroatoms. The largest absolute Gasteiger partial charge is 0.497 e. The number of halogens is 1. The third-order valence-corrected chi connectivity index (χ3v) is 5.25. The van der Waals surface area contributed by atoms with Crippen molar-refractivity contribution in [3.8, 4) is 5.75 Å². The van der Waals surface area contributed by atoms with Crippen LogP contribution in [0.1, 0.15) is 17.5 Å². The number of benzene rings is 2. The predicted molar refractivity (Wildman–Crippen MR) is 101 cm³/mol. The summed E-state index contributed by atoms with van der Waals surface area (Å²) in [6.07, 6.45) is 0.623. The Morgan fingerprint density at radius 3 is 2.81 bits per heavy atom. The predicted octanol–water partition coefficient (Wildman–Crippen LogP) is 4.08. The minimum absolute atomic E-state index is 0.0719. The molecule has 0 aromatic heterocycles. The molecule has 1 atom stereocenters. The van der Waals surface area contributed by atoms with Crippen molar-refractivity contribution < 1.29 is 14.3 Å². The van der Waals surface area contributed by atoms with E-state index >= 15 is 0 Å². The van der Waals surface area contributed by atoms with Gasteiger partial charge in [-0.25, -0.2) is 4.79 Å². The second-order valence-electron chi connectivity index (χ2n) is 6.72. The van der Waals surface area contributed by atoms with Gasteiger partial charge in [0, 0.05) is 24.7 Å². The second-order valence-corrected chi connectivity index (χ2v) is 7.16. The molecular formula is C20H21ClN2O3. The number of amides is 1. The van der Waals surface area contributed by atoms with Crippen molar-refractivity contribution >= 4 is 23.4 Å². The monoisotopic (exact) mass is 372 g/mol. The van der Waals surface area contributed by atoms with Gasteiger partial charge in [0.25, 0.3) is 0 Å². The molecule has 0 radical (unpaired) electrons. The number of fused-ring (bicyclic) bond motifs is 3. The first-order chi connectivity index (χ1) is 12.6. The zero-order chi connectivity index (χ0) is 18.1. The van der Waals surface area contributed by atoms with E-state index in [2.05, 4.69) is 17.0 Å². The molecule has 0 saturated carbocycles. The molecule has 0 spiro atoms. The Kier molecular flexibility index (Phi) is 4.74. The number of nitrogens with zero attached hydrogens (tertiary/aromatic N) is 2. The smallest absolute Gasteiger partial charge is 0.414 e. The molecule has 0 bridgehead atoms. The average molecular weight is 373 g/mol. The van der Waals surface area contributed by atoms with E-state index in [4.69, 9.17) is 21.1 Å². The van der Waals surface area contributed by atoms with Gasteiger partial charge in [-0.2, -0.15) is 0 Å². The summed E-state index contributed by atoms with van der Waals surface area (Å²) in [5, 5.41) is 0.744. The third kappa shape index (κ3) is 3.37. The van der Waals surface area contributed by atoms with Crippen LogP contribution < -0.4 is 9.64 Å². The topological polar surface area (TPSA) is 42.0 Å². The minimum Gasteiger partial charge on any atom is -0.497 e. The van der Waals surface area contributed by atoms with Gasteiger partial charge < -0.3 is 9.47 Å². The van der Waals surface area contributed by atoms with Gasteiger partial charge in [0.1, 0.15) is 12.4 Å².